The first-order valence-electron chi connectivity index (χ1n) is 7.20. The Morgan fingerprint density at radius 1 is 1.17 bits per heavy atom. The van der Waals surface area contributed by atoms with Gasteiger partial charge in [-0.15, -0.1) is 0 Å². The van der Waals surface area contributed by atoms with E-state index in [4.69, 9.17) is 0 Å². The van der Waals surface area contributed by atoms with Crippen LogP contribution in [0.4, 0.5) is 0 Å². The quantitative estimate of drug-likeness (QED) is 0.815. The van der Waals surface area contributed by atoms with Crippen molar-refractivity contribution >= 4 is 11.8 Å². The molecule has 2 amide bonds. The average Bonchev–Trinajstić information content (AvgIpc) is 2.40. The summed E-state index contributed by atoms with van der Waals surface area (Å²) in [6.07, 6.45) is 4.14. The molecule has 18 heavy (non-hydrogen) atoms. The van der Waals surface area contributed by atoms with E-state index in [1.54, 1.807) is 0 Å². The molecule has 0 unspecified atom stereocenters. The molecule has 4 heteroatoms. The van der Waals surface area contributed by atoms with E-state index in [0.29, 0.717) is 12.3 Å². The fraction of sp³-hybridized carbons (Fsp3) is 0.857. The number of nitrogens with zero attached hydrogens (tertiary/aromatic N) is 1. The Bertz CT molecular complexity index is 280. The molecule has 0 spiro atoms. The van der Waals surface area contributed by atoms with Gasteiger partial charge in [0.2, 0.25) is 11.8 Å². The molecule has 0 aromatic rings. The zero-order chi connectivity index (χ0) is 13.5. The molecule has 0 aromatic heterocycles. The van der Waals surface area contributed by atoms with E-state index in [1.807, 2.05) is 11.8 Å². The van der Waals surface area contributed by atoms with Crippen molar-refractivity contribution in [3.05, 3.63) is 0 Å². The summed E-state index contributed by atoms with van der Waals surface area (Å²) in [6, 6.07) is 0.253. The number of rotatable bonds is 5. The minimum absolute atomic E-state index is 0.111. The molecule has 104 valence electrons. The molecule has 4 nitrogen and oxygen atoms in total. The lowest BCUT2D eigenvalue weighted by molar-refractivity contribution is -0.137. The summed E-state index contributed by atoms with van der Waals surface area (Å²) in [5, 5.41) is 3.01. The van der Waals surface area contributed by atoms with E-state index >= 15 is 0 Å². The number of hydrogen-bond donors (Lipinski definition) is 1. The van der Waals surface area contributed by atoms with Gasteiger partial charge >= 0.3 is 0 Å². The maximum absolute atomic E-state index is 12.2. The molecule has 1 heterocycles. The molecule has 1 aliphatic heterocycles. The molecular formula is C14H26N2O2. The third kappa shape index (κ3) is 4.00. The van der Waals surface area contributed by atoms with Crippen molar-refractivity contribution < 1.29 is 9.59 Å². The Labute approximate surface area is 110 Å². The number of nitrogens with one attached hydrogen (secondary N) is 1. The Kier molecular flexibility index (Phi) is 6.16. The number of piperidine rings is 1. The van der Waals surface area contributed by atoms with Gasteiger partial charge in [0.25, 0.3) is 0 Å². The first-order valence-corrected chi connectivity index (χ1v) is 7.20. The van der Waals surface area contributed by atoms with Crippen LogP contribution in [0.2, 0.25) is 0 Å². The third-order valence-electron chi connectivity index (χ3n) is 3.83. The summed E-state index contributed by atoms with van der Waals surface area (Å²) in [5.74, 6) is 0.576. The van der Waals surface area contributed by atoms with E-state index in [9.17, 15) is 9.59 Å². The van der Waals surface area contributed by atoms with Crippen LogP contribution in [0.25, 0.3) is 0 Å². The first-order chi connectivity index (χ1) is 8.62. The molecular weight excluding hydrogens is 228 g/mol. The van der Waals surface area contributed by atoms with Crippen LogP contribution in [-0.4, -0.2) is 35.8 Å². The van der Waals surface area contributed by atoms with Gasteiger partial charge in [0.05, 0.1) is 0 Å². The lowest BCUT2D eigenvalue weighted by Crippen LogP contribution is -2.47. The highest BCUT2D eigenvalue weighted by atomic mass is 16.2. The van der Waals surface area contributed by atoms with Gasteiger partial charge in [0.1, 0.15) is 0 Å². The summed E-state index contributed by atoms with van der Waals surface area (Å²) in [6.45, 7) is 7.57. The van der Waals surface area contributed by atoms with Gasteiger partial charge in [0, 0.05) is 31.5 Å². The van der Waals surface area contributed by atoms with Gasteiger partial charge in [-0.25, -0.2) is 0 Å². The smallest absolute Gasteiger partial charge is 0.225 e. The van der Waals surface area contributed by atoms with Gasteiger partial charge in [0.15, 0.2) is 0 Å². The first kappa shape index (κ1) is 15.0. The predicted molar refractivity (Wildman–Crippen MR) is 72.1 cm³/mol. The summed E-state index contributed by atoms with van der Waals surface area (Å²) in [7, 11) is 0. The van der Waals surface area contributed by atoms with Crippen molar-refractivity contribution in [2.24, 2.45) is 5.92 Å². The average molecular weight is 254 g/mol. The van der Waals surface area contributed by atoms with Crippen molar-refractivity contribution in [2.45, 2.75) is 58.9 Å². The van der Waals surface area contributed by atoms with Crippen LogP contribution < -0.4 is 5.32 Å². The summed E-state index contributed by atoms with van der Waals surface area (Å²) < 4.78 is 0. The largest absolute Gasteiger partial charge is 0.353 e. The zero-order valence-corrected chi connectivity index (χ0v) is 11.9. The fourth-order valence-corrected chi connectivity index (χ4v) is 2.47. The lowest BCUT2D eigenvalue weighted by Gasteiger charge is -2.34. The Hall–Kier alpha value is -1.06. The SMILES string of the molecule is CCC(=O)NC1CCN(C(=O)C(CC)CC)CC1. The van der Waals surface area contributed by atoms with Crippen LogP contribution in [-0.2, 0) is 9.59 Å². The van der Waals surface area contributed by atoms with Gasteiger partial charge in [-0.3, -0.25) is 9.59 Å². The second-order valence-corrected chi connectivity index (χ2v) is 5.03. The highest BCUT2D eigenvalue weighted by Gasteiger charge is 2.26. The van der Waals surface area contributed by atoms with Crippen LogP contribution in [0.5, 0.6) is 0 Å². The Morgan fingerprint density at radius 2 is 1.72 bits per heavy atom. The molecule has 1 N–H and O–H groups in total. The molecule has 0 radical (unpaired) electrons. The van der Waals surface area contributed by atoms with Gasteiger partial charge < -0.3 is 10.2 Å². The van der Waals surface area contributed by atoms with Gasteiger partial charge in [-0.05, 0) is 25.7 Å². The van der Waals surface area contributed by atoms with E-state index in [2.05, 4.69) is 19.2 Å². The standard InChI is InChI=1S/C14H26N2O2/c1-4-11(5-2)14(18)16-9-7-12(8-10-16)15-13(17)6-3/h11-12H,4-10H2,1-3H3,(H,15,17). The fourth-order valence-electron chi connectivity index (χ4n) is 2.47. The molecule has 0 atom stereocenters. The minimum Gasteiger partial charge on any atom is -0.353 e. The monoisotopic (exact) mass is 254 g/mol. The van der Waals surface area contributed by atoms with Gasteiger partial charge in [-0.1, -0.05) is 20.8 Å². The summed E-state index contributed by atoms with van der Waals surface area (Å²) in [5.41, 5.74) is 0. The molecule has 0 aromatic carbocycles. The van der Waals surface area contributed by atoms with Crippen molar-refractivity contribution in [3.8, 4) is 0 Å². The van der Waals surface area contributed by atoms with Crippen LogP contribution >= 0.6 is 0 Å². The summed E-state index contributed by atoms with van der Waals surface area (Å²) in [4.78, 5) is 25.5. The van der Waals surface area contributed by atoms with Crippen molar-refractivity contribution in [2.75, 3.05) is 13.1 Å². The zero-order valence-electron chi connectivity index (χ0n) is 11.9. The number of carbonyl (C=O) groups excluding carboxylic acids is 2. The van der Waals surface area contributed by atoms with Gasteiger partial charge in [-0.2, -0.15) is 0 Å². The molecule has 1 rings (SSSR count). The van der Waals surface area contributed by atoms with Crippen molar-refractivity contribution in [1.29, 1.82) is 0 Å². The lowest BCUT2D eigenvalue weighted by atomic mass is 9.98. The molecule has 0 bridgehead atoms. The predicted octanol–water partition coefficient (Wildman–Crippen LogP) is 1.94. The van der Waals surface area contributed by atoms with Crippen LogP contribution in [0.1, 0.15) is 52.9 Å². The van der Waals surface area contributed by atoms with Crippen LogP contribution in [0.3, 0.4) is 0 Å². The summed E-state index contributed by atoms with van der Waals surface area (Å²) >= 11 is 0. The molecule has 0 aliphatic carbocycles. The Morgan fingerprint density at radius 3 is 2.17 bits per heavy atom. The second kappa shape index (κ2) is 7.39. The number of likely N-dealkylation sites (tertiary alicyclic amines) is 1. The highest BCUT2D eigenvalue weighted by Crippen LogP contribution is 2.17. The van der Waals surface area contributed by atoms with Crippen molar-refractivity contribution in [3.63, 3.8) is 0 Å². The number of hydrogen-bond acceptors (Lipinski definition) is 2. The molecule has 1 aliphatic rings. The second-order valence-electron chi connectivity index (χ2n) is 5.03. The van der Waals surface area contributed by atoms with E-state index in [-0.39, 0.29) is 17.9 Å². The maximum Gasteiger partial charge on any atom is 0.225 e. The third-order valence-corrected chi connectivity index (χ3v) is 3.83. The van der Waals surface area contributed by atoms with Crippen molar-refractivity contribution in [1.82, 2.24) is 10.2 Å². The normalized spacial score (nSPS) is 17.0. The molecule has 1 saturated heterocycles. The topological polar surface area (TPSA) is 49.4 Å². The number of carbonyl (C=O) groups is 2. The minimum atomic E-state index is 0.111. The maximum atomic E-state index is 12.2. The van der Waals surface area contributed by atoms with Crippen LogP contribution in [0.15, 0.2) is 0 Å². The number of amides is 2. The molecule has 1 fully saturated rings. The van der Waals surface area contributed by atoms with Crippen LogP contribution in [0, 0.1) is 5.92 Å². The highest BCUT2D eigenvalue weighted by molar-refractivity contribution is 5.79. The Balaban J connectivity index is 2.39. The van der Waals surface area contributed by atoms with E-state index in [0.717, 1.165) is 38.8 Å². The van der Waals surface area contributed by atoms with E-state index in [1.165, 1.54) is 0 Å². The van der Waals surface area contributed by atoms with E-state index < -0.39 is 0 Å². The molecule has 0 saturated carbocycles.